The SMILES string of the molecule is C[C@@H]1CN(Cc2cc(C(F)(F)F)c3cn(-c4cccc([C@]5(c6nncn6C)C[C@@H](CC#N)C5)c4)c(=O)n3c2)CCC1(F)F. The van der Waals surface area contributed by atoms with Gasteiger partial charge in [0.2, 0.25) is 0 Å². The fourth-order valence-electron chi connectivity index (χ4n) is 6.73. The van der Waals surface area contributed by atoms with Crippen LogP contribution in [0.25, 0.3) is 11.2 Å². The summed E-state index contributed by atoms with van der Waals surface area (Å²) in [4.78, 5) is 15.3. The summed E-state index contributed by atoms with van der Waals surface area (Å²) in [5.41, 5.74) is -1.08. The van der Waals surface area contributed by atoms with Crippen LogP contribution in [0.4, 0.5) is 22.0 Å². The molecule has 0 bridgehead atoms. The molecule has 2 fully saturated rings. The van der Waals surface area contributed by atoms with Gasteiger partial charge in [0.15, 0.2) is 0 Å². The molecule has 1 saturated carbocycles. The van der Waals surface area contributed by atoms with Gasteiger partial charge in [-0.15, -0.1) is 10.2 Å². The molecule has 1 aliphatic carbocycles. The molecule has 1 aliphatic heterocycles. The number of rotatable bonds is 6. The second kappa shape index (κ2) is 10.3. The molecule has 0 amide bonds. The van der Waals surface area contributed by atoms with E-state index < -0.39 is 34.7 Å². The Labute approximate surface area is 244 Å². The van der Waals surface area contributed by atoms with E-state index in [-0.39, 0.29) is 43.1 Å². The Morgan fingerprint density at radius 2 is 1.93 bits per heavy atom. The van der Waals surface area contributed by atoms with Crippen LogP contribution in [-0.4, -0.2) is 47.6 Å². The highest BCUT2D eigenvalue weighted by Crippen LogP contribution is 2.53. The minimum atomic E-state index is -4.75. The van der Waals surface area contributed by atoms with E-state index in [1.807, 2.05) is 17.7 Å². The molecule has 43 heavy (non-hydrogen) atoms. The van der Waals surface area contributed by atoms with Gasteiger partial charge in [-0.25, -0.2) is 13.6 Å². The van der Waals surface area contributed by atoms with Crippen molar-refractivity contribution in [2.24, 2.45) is 18.9 Å². The topological polar surface area (TPSA) is 84.2 Å². The van der Waals surface area contributed by atoms with Crippen LogP contribution < -0.4 is 5.69 Å². The van der Waals surface area contributed by atoms with Gasteiger partial charge < -0.3 is 4.57 Å². The van der Waals surface area contributed by atoms with Gasteiger partial charge in [-0.2, -0.15) is 18.4 Å². The number of halogens is 5. The van der Waals surface area contributed by atoms with Gasteiger partial charge in [0.05, 0.1) is 28.3 Å². The van der Waals surface area contributed by atoms with Crippen LogP contribution in [-0.2, 0) is 25.2 Å². The number of imidazole rings is 1. The third kappa shape index (κ3) is 5.01. The quantitative estimate of drug-likeness (QED) is 0.280. The fourth-order valence-corrected chi connectivity index (χ4v) is 6.73. The van der Waals surface area contributed by atoms with E-state index >= 15 is 0 Å². The number of piperidine rings is 1. The first-order valence-corrected chi connectivity index (χ1v) is 14.1. The summed E-state index contributed by atoms with van der Waals surface area (Å²) in [6.45, 7) is 1.52. The Bertz CT molecular complexity index is 1770. The molecule has 0 spiro atoms. The van der Waals surface area contributed by atoms with Gasteiger partial charge in [-0.3, -0.25) is 13.9 Å². The molecule has 226 valence electrons. The van der Waals surface area contributed by atoms with E-state index in [4.69, 9.17) is 0 Å². The molecule has 0 N–H and O–H groups in total. The zero-order valence-corrected chi connectivity index (χ0v) is 23.7. The lowest BCUT2D eigenvalue weighted by Crippen LogP contribution is -2.45. The van der Waals surface area contributed by atoms with Crippen molar-refractivity contribution in [1.82, 2.24) is 28.6 Å². The average molecular weight is 600 g/mol. The highest BCUT2D eigenvalue weighted by Gasteiger charge is 2.50. The van der Waals surface area contributed by atoms with Gasteiger partial charge >= 0.3 is 11.9 Å². The number of alkyl halides is 5. The Morgan fingerprint density at radius 3 is 2.58 bits per heavy atom. The molecule has 0 unspecified atom stereocenters. The van der Waals surface area contributed by atoms with Gasteiger partial charge in [-0.05, 0) is 48.1 Å². The van der Waals surface area contributed by atoms with Crippen molar-refractivity contribution in [2.75, 3.05) is 13.1 Å². The smallest absolute Gasteiger partial charge is 0.320 e. The summed E-state index contributed by atoms with van der Waals surface area (Å²) in [6, 6.07) is 10.3. The third-order valence-corrected chi connectivity index (χ3v) is 9.02. The number of aromatic nitrogens is 5. The van der Waals surface area contributed by atoms with Crippen molar-refractivity contribution < 1.29 is 22.0 Å². The molecular formula is C30H30F5N7O. The zero-order chi connectivity index (χ0) is 30.7. The van der Waals surface area contributed by atoms with E-state index in [9.17, 15) is 32.0 Å². The monoisotopic (exact) mass is 599 g/mol. The van der Waals surface area contributed by atoms with Gasteiger partial charge in [0, 0.05) is 57.8 Å². The number of nitriles is 1. The number of aryl methyl sites for hydroxylation is 1. The molecular weight excluding hydrogens is 569 g/mol. The summed E-state index contributed by atoms with van der Waals surface area (Å²) in [6.07, 6.45) is 0.706. The Hall–Kier alpha value is -4.05. The van der Waals surface area contributed by atoms with Crippen LogP contribution in [0.1, 0.15) is 55.1 Å². The normalized spacial score (nSPS) is 24.1. The molecule has 1 atom stereocenters. The lowest BCUT2D eigenvalue weighted by atomic mass is 9.57. The molecule has 2 aliphatic rings. The summed E-state index contributed by atoms with van der Waals surface area (Å²) < 4.78 is 74.8. The number of nitrogens with zero attached hydrogens (tertiary/aromatic N) is 7. The molecule has 6 rings (SSSR count). The van der Waals surface area contributed by atoms with Gasteiger partial charge in [0.25, 0.3) is 5.92 Å². The van der Waals surface area contributed by atoms with Crippen molar-refractivity contribution in [3.05, 3.63) is 82.1 Å². The second-order valence-electron chi connectivity index (χ2n) is 12.0. The summed E-state index contributed by atoms with van der Waals surface area (Å²) in [5, 5.41) is 17.6. The Morgan fingerprint density at radius 1 is 1.16 bits per heavy atom. The first kappa shape index (κ1) is 29.0. The van der Waals surface area contributed by atoms with Crippen LogP contribution in [0.5, 0.6) is 0 Å². The highest BCUT2D eigenvalue weighted by molar-refractivity contribution is 5.58. The fraction of sp³-hybridized carbons (Fsp3) is 0.467. The number of hydrogen-bond acceptors (Lipinski definition) is 5. The lowest BCUT2D eigenvalue weighted by molar-refractivity contribution is -0.136. The largest absolute Gasteiger partial charge is 0.418 e. The number of fused-ring (bicyclic) bond motifs is 1. The van der Waals surface area contributed by atoms with Crippen molar-refractivity contribution in [3.8, 4) is 11.8 Å². The van der Waals surface area contributed by atoms with Crippen LogP contribution >= 0.6 is 0 Å². The van der Waals surface area contributed by atoms with Crippen molar-refractivity contribution in [2.45, 2.75) is 56.7 Å². The number of benzene rings is 1. The van der Waals surface area contributed by atoms with E-state index in [0.29, 0.717) is 30.8 Å². The van der Waals surface area contributed by atoms with Crippen molar-refractivity contribution >= 4 is 5.52 Å². The van der Waals surface area contributed by atoms with Crippen LogP contribution in [0.15, 0.2) is 53.8 Å². The minimum absolute atomic E-state index is 0.0105. The number of likely N-dealkylation sites (tertiary alicyclic amines) is 1. The van der Waals surface area contributed by atoms with Crippen molar-refractivity contribution in [1.29, 1.82) is 5.26 Å². The van der Waals surface area contributed by atoms with Crippen LogP contribution in [0.3, 0.4) is 0 Å². The van der Waals surface area contributed by atoms with Gasteiger partial charge in [-0.1, -0.05) is 19.1 Å². The number of pyridine rings is 1. The molecule has 1 aromatic carbocycles. The van der Waals surface area contributed by atoms with Crippen molar-refractivity contribution in [3.63, 3.8) is 0 Å². The summed E-state index contributed by atoms with van der Waals surface area (Å²) in [7, 11) is 1.83. The Kier molecular flexibility index (Phi) is 6.95. The maximum Gasteiger partial charge on any atom is 0.418 e. The van der Waals surface area contributed by atoms with E-state index in [1.165, 1.54) is 23.9 Å². The summed E-state index contributed by atoms with van der Waals surface area (Å²) >= 11 is 0. The maximum atomic E-state index is 14.3. The lowest BCUT2D eigenvalue weighted by Gasteiger charge is -2.46. The third-order valence-electron chi connectivity index (χ3n) is 9.02. The predicted molar refractivity (Wildman–Crippen MR) is 147 cm³/mol. The second-order valence-corrected chi connectivity index (χ2v) is 12.0. The minimum Gasteiger partial charge on any atom is -0.320 e. The van der Waals surface area contributed by atoms with E-state index in [0.717, 1.165) is 16.0 Å². The molecule has 0 radical (unpaired) electrons. The van der Waals surface area contributed by atoms with Crippen LogP contribution in [0.2, 0.25) is 0 Å². The molecule has 3 aromatic heterocycles. The van der Waals surface area contributed by atoms with Gasteiger partial charge in [0.1, 0.15) is 12.2 Å². The predicted octanol–water partition coefficient (Wildman–Crippen LogP) is 5.32. The standard InChI is InChI=1S/C30H30F5N7O/c1-19-14-40(9-7-29(19,31)32)15-21-10-24(30(33,34)35)25-17-41(27(43)42(25)16-21)23-5-3-4-22(11-23)28(12-20(13-28)6-8-36)26-38-37-18-39(26)2/h3-5,10-11,16-20H,6-7,9,12-15H2,1-2H3/t19-,20-,28+/m1/s1. The number of hydrogen-bond donors (Lipinski definition) is 0. The maximum absolute atomic E-state index is 14.3. The average Bonchev–Trinajstić information content (AvgIpc) is 3.50. The Balaban J connectivity index is 1.40. The first-order valence-electron chi connectivity index (χ1n) is 14.1. The first-order chi connectivity index (χ1) is 20.3. The molecule has 1 saturated heterocycles. The molecule has 4 heterocycles. The zero-order valence-electron chi connectivity index (χ0n) is 23.7. The highest BCUT2D eigenvalue weighted by atomic mass is 19.4. The van der Waals surface area contributed by atoms with E-state index in [2.05, 4.69) is 16.3 Å². The molecule has 13 heteroatoms. The molecule has 8 nitrogen and oxygen atoms in total. The summed E-state index contributed by atoms with van der Waals surface area (Å²) in [5.74, 6) is -2.88. The van der Waals surface area contributed by atoms with Crippen LogP contribution in [0, 0.1) is 23.2 Å². The molecule has 4 aromatic rings. The van der Waals surface area contributed by atoms with E-state index in [1.54, 1.807) is 29.4 Å².